The van der Waals surface area contributed by atoms with Gasteiger partial charge < -0.3 is 0 Å². The Morgan fingerprint density at radius 2 is 0.607 bits per heavy atom. The van der Waals surface area contributed by atoms with Crippen LogP contribution in [-0.4, -0.2) is 0 Å². The lowest BCUT2D eigenvalue weighted by Gasteiger charge is -2.22. The van der Waals surface area contributed by atoms with Crippen molar-refractivity contribution in [3.63, 3.8) is 0 Å². The third-order valence-electron chi connectivity index (χ3n) is 13.5. The molecular weight excluding hydrogens is 733 g/mol. The summed E-state index contributed by atoms with van der Waals surface area (Å²) in [6.07, 6.45) is 0. The number of benzene rings is 11. The van der Waals surface area contributed by atoms with Crippen LogP contribution in [0.15, 0.2) is 218 Å². The van der Waals surface area contributed by atoms with Gasteiger partial charge in [0.2, 0.25) is 0 Å². The van der Waals surface area contributed by atoms with Crippen LogP contribution in [0.3, 0.4) is 0 Å². The maximum absolute atomic E-state index is 2.40. The van der Waals surface area contributed by atoms with Crippen LogP contribution < -0.4 is 0 Å². The lowest BCUT2D eigenvalue weighted by molar-refractivity contribution is 0.660. The molecule has 0 fully saturated rings. The predicted octanol–water partition coefficient (Wildman–Crippen LogP) is 16.9. The second-order valence-electron chi connectivity index (χ2n) is 17.1. The van der Waals surface area contributed by atoms with E-state index in [0.29, 0.717) is 0 Å². The molecule has 0 spiro atoms. The SMILES string of the molecule is CC1(C)c2ccccc2-c2c(-c3c4ccccc4c(-c4ccc(-c5c6ccccc6c(-c6ccccc6)c6cc(-c7ccccc7)ccc56)cc4)c4ccccc34)cccc21. The van der Waals surface area contributed by atoms with Gasteiger partial charge in [0.1, 0.15) is 0 Å². The van der Waals surface area contributed by atoms with Crippen LogP contribution >= 0.6 is 0 Å². The lowest BCUT2D eigenvalue weighted by atomic mass is 9.80. The lowest BCUT2D eigenvalue weighted by Crippen LogP contribution is -2.14. The molecule has 0 aromatic heterocycles. The normalized spacial score (nSPS) is 12.9. The molecule has 61 heavy (non-hydrogen) atoms. The zero-order valence-corrected chi connectivity index (χ0v) is 34.3. The van der Waals surface area contributed by atoms with Crippen molar-refractivity contribution in [1.29, 1.82) is 0 Å². The van der Waals surface area contributed by atoms with E-state index in [1.165, 1.54) is 121 Å². The first-order valence-electron chi connectivity index (χ1n) is 21.4. The van der Waals surface area contributed by atoms with E-state index in [0.717, 1.165) is 0 Å². The minimum Gasteiger partial charge on any atom is -0.0622 e. The van der Waals surface area contributed by atoms with Crippen LogP contribution in [0.2, 0.25) is 0 Å². The predicted molar refractivity (Wildman–Crippen MR) is 261 cm³/mol. The summed E-state index contributed by atoms with van der Waals surface area (Å²) in [5, 5.41) is 10.1. The molecule has 1 aliphatic rings. The first-order valence-corrected chi connectivity index (χ1v) is 21.4. The van der Waals surface area contributed by atoms with Crippen molar-refractivity contribution in [2.24, 2.45) is 0 Å². The van der Waals surface area contributed by atoms with Gasteiger partial charge in [0, 0.05) is 5.41 Å². The van der Waals surface area contributed by atoms with E-state index >= 15 is 0 Å². The maximum Gasteiger partial charge on any atom is 0.0159 e. The first kappa shape index (κ1) is 35.4. The van der Waals surface area contributed by atoms with E-state index in [2.05, 4.69) is 232 Å². The quantitative estimate of drug-likeness (QED) is 0.153. The molecule has 0 nitrogen and oxygen atoms in total. The van der Waals surface area contributed by atoms with Crippen LogP contribution in [0.5, 0.6) is 0 Å². The van der Waals surface area contributed by atoms with Gasteiger partial charge in [-0.15, -0.1) is 0 Å². The summed E-state index contributed by atoms with van der Waals surface area (Å²) in [5.41, 5.74) is 18.0. The van der Waals surface area contributed by atoms with Gasteiger partial charge in [-0.3, -0.25) is 0 Å². The van der Waals surface area contributed by atoms with Crippen molar-refractivity contribution in [1.82, 2.24) is 0 Å². The van der Waals surface area contributed by atoms with Gasteiger partial charge in [0.05, 0.1) is 0 Å². The Morgan fingerprint density at radius 1 is 0.230 bits per heavy atom. The highest BCUT2D eigenvalue weighted by Crippen LogP contribution is 2.54. The van der Waals surface area contributed by atoms with E-state index in [9.17, 15) is 0 Å². The highest BCUT2D eigenvalue weighted by molar-refractivity contribution is 6.24. The van der Waals surface area contributed by atoms with Gasteiger partial charge in [0.25, 0.3) is 0 Å². The zero-order chi connectivity index (χ0) is 40.7. The molecule has 0 aliphatic heterocycles. The Labute approximate surface area is 357 Å². The van der Waals surface area contributed by atoms with Gasteiger partial charge in [-0.1, -0.05) is 226 Å². The Balaban J connectivity index is 1.08. The monoisotopic (exact) mass is 774 g/mol. The summed E-state index contributed by atoms with van der Waals surface area (Å²) in [4.78, 5) is 0. The number of hydrogen-bond acceptors (Lipinski definition) is 0. The molecule has 11 aromatic rings. The molecule has 286 valence electrons. The molecule has 12 rings (SSSR count). The second kappa shape index (κ2) is 13.8. The second-order valence-corrected chi connectivity index (χ2v) is 17.1. The van der Waals surface area contributed by atoms with Crippen molar-refractivity contribution < 1.29 is 0 Å². The molecule has 0 unspecified atom stereocenters. The van der Waals surface area contributed by atoms with Gasteiger partial charge in [-0.25, -0.2) is 0 Å². The van der Waals surface area contributed by atoms with E-state index < -0.39 is 0 Å². The summed E-state index contributed by atoms with van der Waals surface area (Å²) >= 11 is 0. The van der Waals surface area contributed by atoms with Crippen LogP contribution in [-0.2, 0) is 5.41 Å². The molecule has 0 amide bonds. The fourth-order valence-electron chi connectivity index (χ4n) is 10.7. The smallest absolute Gasteiger partial charge is 0.0159 e. The van der Waals surface area contributed by atoms with Crippen molar-refractivity contribution in [2.45, 2.75) is 19.3 Å². The Hall–Kier alpha value is -7.54. The Morgan fingerprint density at radius 3 is 1.16 bits per heavy atom. The first-order chi connectivity index (χ1) is 30.1. The topological polar surface area (TPSA) is 0 Å². The fraction of sp³-hybridized carbons (Fsp3) is 0.0492. The van der Waals surface area contributed by atoms with E-state index in [1.807, 2.05) is 0 Å². The summed E-state index contributed by atoms with van der Waals surface area (Å²) in [5.74, 6) is 0. The number of rotatable bonds is 5. The van der Waals surface area contributed by atoms with Gasteiger partial charge in [-0.05, 0) is 127 Å². The summed E-state index contributed by atoms with van der Waals surface area (Å²) in [6.45, 7) is 4.74. The van der Waals surface area contributed by atoms with Crippen molar-refractivity contribution in [3.8, 4) is 66.8 Å². The van der Waals surface area contributed by atoms with E-state index in [4.69, 9.17) is 0 Å². The van der Waals surface area contributed by atoms with Crippen LogP contribution in [0.4, 0.5) is 0 Å². The van der Waals surface area contributed by atoms with Gasteiger partial charge in [-0.2, -0.15) is 0 Å². The standard InChI is InChI=1S/C61H42/c1-61(2)54-30-16-15-28-51(54)60-52(29-17-31-55(60)61)59-48-26-13-11-24-46(48)56(47-25-12-14-27-49(47)59)41-32-34-42(35-33-41)57-44-22-9-10-23-45(44)58(40-20-7-4-8-21-40)53-38-43(36-37-50(53)57)39-18-5-3-6-19-39/h3-38H,1-2H3. The van der Waals surface area contributed by atoms with Gasteiger partial charge >= 0.3 is 0 Å². The van der Waals surface area contributed by atoms with E-state index in [-0.39, 0.29) is 5.41 Å². The molecule has 0 heteroatoms. The summed E-state index contributed by atoms with van der Waals surface area (Å²) in [7, 11) is 0. The number of fused-ring (bicyclic) bond motifs is 7. The zero-order valence-electron chi connectivity index (χ0n) is 34.3. The minimum absolute atomic E-state index is 0.0715. The van der Waals surface area contributed by atoms with Crippen LogP contribution in [0.1, 0.15) is 25.0 Å². The fourth-order valence-corrected chi connectivity index (χ4v) is 10.7. The average molecular weight is 775 g/mol. The largest absolute Gasteiger partial charge is 0.0622 e. The molecule has 0 atom stereocenters. The van der Waals surface area contributed by atoms with Crippen LogP contribution in [0.25, 0.3) is 110 Å². The van der Waals surface area contributed by atoms with Gasteiger partial charge in [0.15, 0.2) is 0 Å². The molecule has 11 aromatic carbocycles. The third kappa shape index (κ3) is 5.39. The Kier molecular flexibility index (Phi) is 7.99. The highest BCUT2D eigenvalue weighted by Gasteiger charge is 2.37. The van der Waals surface area contributed by atoms with Crippen molar-refractivity contribution in [3.05, 3.63) is 230 Å². The van der Waals surface area contributed by atoms with Crippen LogP contribution in [0, 0.1) is 0 Å². The highest BCUT2D eigenvalue weighted by atomic mass is 14.4. The molecular formula is C61H42. The molecule has 0 radical (unpaired) electrons. The third-order valence-corrected chi connectivity index (χ3v) is 13.5. The summed E-state index contributed by atoms with van der Waals surface area (Å²) < 4.78 is 0. The minimum atomic E-state index is -0.0715. The van der Waals surface area contributed by atoms with Crippen molar-refractivity contribution >= 4 is 43.1 Å². The average Bonchev–Trinajstić information content (AvgIpc) is 3.56. The number of hydrogen-bond donors (Lipinski definition) is 0. The van der Waals surface area contributed by atoms with Crippen molar-refractivity contribution in [2.75, 3.05) is 0 Å². The maximum atomic E-state index is 2.40. The Bertz CT molecular complexity index is 3460. The molecule has 0 heterocycles. The molecule has 0 saturated carbocycles. The molecule has 0 saturated heterocycles. The van der Waals surface area contributed by atoms with E-state index in [1.54, 1.807) is 0 Å². The molecule has 0 N–H and O–H groups in total. The summed E-state index contributed by atoms with van der Waals surface area (Å²) in [6, 6.07) is 81.1. The molecule has 1 aliphatic carbocycles. The molecule has 0 bridgehead atoms.